The lowest BCUT2D eigenvalue weighted by molar-refractivity contribution is 0.0940. The number of hydrogen-bond acceptors (Lipinski definition) is 3. The molecule has 0 heterocycles. The Morgan fingerprint density at radius 2 is 1.45 bits per heavy atom. The Kier molecular flexibility index (Phi) is 6.51. The number of nitrogens with zero attached hydrogens (tertiary/aromatic N) is 1. The lowest BCUT2D eigenvalue weighted by atomic mass is 10.00. The molecule has 5 nitrogen and oxygen atoms in total. The normalized spacial score (nSPS) is 12.3. The van der Waals surface area contributed by atoms with Gasteiger partial charge in [0.25, 0.3) is 15.9 Å². The minimum atomic E-state index is -3.67. The molecule has 1 amide bonds. The first kappa shape index (κ1) is 22.6. The van der Waals surface area contributed by atoms with E-state index in [9.17, 15) is 13.2 Å². The fourth-order valence-electron chi connectivity index (χ4n) is 3.50. The lowest BCUT2D eigenvalue weighted by Crippen LogP contribution is -2.28. The van der Waals surface area contributed by atoms with Gasteiger partial charge in [-0.15, -0.1) is 0 Å². The van der Waals surface area contributed by atoms with Crippen LogP contribution in [-0.4, -0.2) is 21.4 Å². The Morgan fingerprint density at radius 3 is 2.03 bits per heavy atom. The molecule has 0 radical (unpaired) electrons. The zero-order valence-electron chi connectivity index (χ0n) is 18.5. The molecule has 162 valence electrons. The molecule has 0 bridgehead atoms. The molecule has 0 aliphatic carbocycles. The van der Waals surface area contributed by atoms with Crippen LogP contribution in [0.15, 0.2) is 71.6 Å². The molecule has 0 saturated carbocycles. The maximum absolute atomic E-state index is 12.9. The van der Waals surface area contributed by atoms with E-state index in [1.807, 2.05) is 39.8 Å². The Bertz CT molecular complexity index is 1180. The fraction of sp³-hybridized carbons (Fsp3) is 0.240. The van der Waals surface area contributed by atoms with Crippen molar-refractivity contribution in [1.82, 2.24) is 5.32 Å². The molecular formula is C25H28N2O3S. The summed E-state index contributed by atoms with van der Waals surface area (Å²) in [7, 11) is -2.17. The molecule has 6 heteroatoms. The highest BCUT2D eigenvalue weighted by Crippen LogP contribution is 2.23. The molecule has 0 aromatic heterocycles. The average molecular weight is 437 g/mol. The van der Waals surface area contributed by atoms with Gasteiger partial charge < -0.3 is 5.32 Å². The molecule has 0 spiro atoms. The predicted octanol–water partition coefficient (Wildman–Crippen LogP) is 4.93. The third kappa shape index (κ3) is 4.97. The standard InChI is InChI=1S/C25H28N2O3S/c1-17-6-13-23(14-7-17)31(29,30)27(5)22-11-9-21(10-12-22)25(28)26-20(4)24-15-8-18(2)16-19(24)3/h6-16,20H,1-5H3,(H,26,28). The molecule has 0 fully saturated rings. The molecule has 1 unspecified atom stereocenters. The van der Waals surface area contributed by atoms with Crippen LogP contribution in [0, 0.1) is 20.8 Å². The van der Waals surface area contributed by atoms with Crippen LogP contribution in [0.4, 0.5) is 5.69 Å². The summed E-state index contributed by atoms with van der Waals surface area (Å²) in [5.41, 5.74) is 5.33. The molecule has 0 saturated heterocycles. The number of aryl methyl sites for hydroxylation is 3. The fourth-order valence-corrected chi connectivity index (χ4v) is 4.69. The number of hydrogen-bond donors (Lipinski definition) is 1. The zero-order valence-corrected chi connectivity index (χ0v) is 19.3. The van der Waals surface area contributed by atoms with E-state index in [1.165, 1.54) is 16.9 Å². The number of nitrogens with one attached hydrogen (secondary N) is 1. The van der Waals surface area contributed by atoms with Crippen LogP contribution in [-0.2, 0) is 10.0 Å². The van der Waals surface area contributed by atoms with Gasteiger partial charge in [0.2, 0.25) is 0 Å². The first-order valence-corrected chi connectivity index (χ1v) is 11.6. The van der Waals surface area contributed by atoms with Gasteiger partial charge >= 0.3 is 0 Å². The molecule has 0 aliphatic heterocycles. The van der Waals surface area contributed by atoms with Crippen molar-refractivity contribution >= 4 is 21.6 Å². The number of amides is 1. The number of sulfonamides is 1. The summed E-state index contributed by atoms with van der Waals surface area (Å²) in [6, 6.07) is 19.3. The van der Waals surface area contributed by atoms with Gasteiger partial charge in [-0.25, -0.2) is 8.42 Å². The molecule has 3 aromatic rings. The molecular weight excluding hydrogens is 408 g/mol. The lowest BCUT2D eigenvalue weighted by Gasteiger charge is -2.20. The highest BCUT2D eigenvalue weighted by Gasteiger charge is 2.21. The van der Waals surface area contributed by atoms with Gasteiger partial charge in [0.15, 0.2) is 0 Å². The van der Waals surface area contributed by atoms with Crippen LogP contribution in [0.1, 0.15) is 45.6 Å². The Labute approximate surface area is 184 Å². The van der Waals surface area contributed by atoms with Crippen LogP contribution < -0.4 is 9.62 Å². The van der Waals surface area contributed by atoms with Gasteiger partial charge in [-0.2, -0.15) is 0 Å². The average Bonchev–Trinajstić information content (AvgIpc) is 2.73. The Morgan fingerprint density at radius 1 is 0.871 bits per heavy atom. The maximum Gasteiger partial charge on any atom is 0.264 e. The summed E-state index contributed by atoms with van der Waals surface area (Å²) >= 11 is 0. The second-order valence-electron chi connectivity index (χ2n) is 7.89. The minimum Gasteiger partial charge on any atom is -0.346 e. The van der Waals surface area contributed by atoms with Crippen molar-refractivity contribution < 1.29 is 13.2 Å². The maximum atomic E-state index is 12.9. The molecule has 3 rings (SSSR count). The highest BCUT2D eigenvalue weighted by atomic mass is 32.2. The summed E-state index contributed by atoms with van der Waals surface area (Å²) in [4.78, 5) is 12.9. The van der Waals surface area contributed by atoms with Crippen LogP contribution >= 0.6 is 0 Å². The van der Waals surface area contributed by atoms with Crippen LogP contribution in [0.3, 0.4) is 0 Å². The monoisotopic (exact) mass is 436 g/mol. The molecule has 3 aromatic carbocycles. The summed E-state index contributed by atoms with van der Waals surface area (Å²) in [5, 5.41) is 3.01. The van der Waals surface area contributed by atoms with E-state index in [0.29, 0.717) is 11.3 Å². The minimum absolute atomic E-state index is 0.141. The van der Waals surface area contributed by atoms with Crippen molar-refractivity contribution in [2.45, 2.75) is 38.6 Å². The van der Waals surface area contributed by atoms with Crippen LogP contribution in [0.5, 0.6) is 0 Å². The van der Waals surface area contributed by atoms with Gasteiger partial charge in [-0.05, 0) is 75.2 Å². The summed E-state index contributed by atoms with van der Waals surface area (Å²) in [5.74, 6) is -0.205. The van der Waals surface area contributed by atoms with Gasteiger partial charge in [-0.3, -0.25) is 9.10 Å². The van der Waals surface area contributed by atoms with Crippen molar-refractivity contribution in [3.05, 3.63) is 94.5 Å². The first-order valence-electron chi connectivity index (χ1n) is 10.1. The quantitative estimate of drug-likeness (QED) is 0.596. The Balaban J connectivity index is 1.74. The van der Waals surface area contributed by atoms with Crippen molar-refractivity contribution in [3.8, 4) is 0 Å². The van der Waals surface area contributed by atoms with Gasteiger partial charge in [0.05, 0.1) is 16.6 Å². The number of rotatable bonds is 6. The smallest absolute Gasteiger partial charge is 0.264 e. The third-order valence-corrected chi connectivity index (χ3v) is 7.21. The largest absolute Gasteiger partial charge is 0.346 e. The second-order valence-corrected chi connectivity index (χ2v) is 9.86. The molecule has 1 N–H and O–H groups in total. The topological polar surface area (TPSA) is 66.5 Å². The zero-order chi connectivity index (χ0) is 22.8. The van der Waals surface area contributed by atoms with E-state index >= 15 is 0 Å². The molecule has 1 atom stereocenters. The number of carbonyl (C=O) groups excluding carboxylic acids is 1. The highest BCUT2D eigenvalue weighted by molar-refractivity contribution is 7.92. The SMILES string of the molecule is Cc1ccc(S(=O)(=O)N(C)c2ccc(C(=O)NC(C)c3ccc(C)cc3C)cc2)cc1. The third-order valence-electron chi connectivity index (χ3n) is 5.41. The van der Waals surface area contributed by atoms with Gasteiger partial charge in [-0.1, -0.05) is 41.5 Å². The van der Waals surface area contributed by atoms with E-state index in [4.69, 9.17) is 0 Å². The number of anilines is 1. The van der Waals surface area contributed by atoms with E-state index in [2.05, 4.69) is 11.4 Å². The van der Waals surface area contributed by atoms with E-state index in [1.54, 1.807) is 48.5 Å². The van der Waals surface area contributed by atoms with Crippen molar-refractivity contribution in [3.63, 3.8) is 0 Å². The molecule has 31 heavy (non-hydrogen) atoms. The van der Waals surface area contributed by atoms with Crippen molar-refractivity contribution in [2.24, 2.45) is 0 Å². The number of carbonyl (C=O) groups is 1. The summed E-state index contributed by atoms with van der Waals surface area (Å²) in [6.45, 7) is 7.93. The number of benzene rings is 3. The summed E-state index contributed by atoms with van der Waals surface area (Å²) in [6.07, 6.45) is 0. The van der Waals surface area contributed by atoms with Crippen LogP contribution in [0.2, 0.25) is 0 Å². The van der Waals surface area contributed by atoms with Crippen molar-refractivity contribution in [2.75, 3.05) is 11.4 Å². The summed E-state index contributed by atoms with van der Waals surface area (Å²) < 4.78 is 27.0. The van der Waals surface area contributed by atoms with Gasteiger partial charge in [0.1, 0.15) is 0 Å². The first-order chi connectivity index (χ1) is 14.6. The molecule has 0 aliphatic rings. The van der Waals surface area contributed by atoms with Gasteiger partial charge in [0, 0.05) is 12.6 Å². The Hall–Kier alpha value is -3.12. The van der Waals surface area contributed by atoms with E-state index < -0.39 is 10.0 Å². The van der Waals surface area contributed by atoms with E-state index in [-0.39, 0.29) is 16.8 Å². The predicted molar refractivity (Wildman–Crippen MR) is 125 cm³/mol. The van der Waals surface area contributed by atoms with Crippen molar-refractivity contribution in [1.29, 1.82) is 0 Å². The van der Waals surface area contributed by atoms with E-state index in [0.717, 1.165) is 16.7 Å². The van der Waals surface area contributed by atoms with Crippen LogP contribution in [0.25, 0.3) is 0 Å². The second kappa shape index (κ2) is 8.94.